The van der Waals surface area contributed by atoms with Crippen LogP contribution >= 0.6 is 0 Å². The second-order valence-electron chi connectivity index (χ2n) is 6.31. The fraction of sp³-hybridized carbons (Fsp3) is 0.688. The summed E-state index contributed by atoms with van der Waals surface area (Å²) < 4.78 is 30.6. The Morgan fingerprint density at radius 3 is 2.58 bits per heavy atom. The molecule has 0 aromatic carbocycles. The van der Waals surface area contributed by atoms with Crippen molar-refractivity contribution in [3.8, 4) is 0 Å². The molecule has 1 saturated heterocycles. The van der Waals surface area contributed by atoms with Crippen molar-refractivity contribution in [2.75, 3.05) is 39.5 Å². The summed E-state index contributed by atoms with van der Waals surface area (Å²) in [6, 6.07) is 3.70. The molecule has 1 unspecified atom stereocenters. The Morgan fingerprint density at radius 1 is 1.42 bits per heavy atom. The van der Waals surface area contributed by atoms with E-state index >= 15 is 0 Å². The zero-order chi connectivity index (χ0) is 17.7. The van der Waals surface area contributed by atoms with Gasteiger partial charge in [0, 0.05) is 25.6 Å². The first-order valence-corrected chi connectivity index (χ1v) is 9.91. The zero-order valence-corrected chi connectivity index (χ0v) is 15.4. The number of carbonyl (C=O) groups is 1. The number of hydrogen-bond donors (Lipinski definition) is 1. The van der Waals surface area contributed by atoms with Gasteiger partial charge < -0.3 is 9.73 Å². The number of carbonyl (C=O) groups excluding carboxylic acids is 1. The maximum atomic E-state index is 12.4. The number of hydrogen-bond acceptors (Lipinski definition) is 5. The molecule has 0 saturated carbocycles. The van der Waals surface area contributed by atoms with Crippen LogP contribution in [0.4, 0.5) is 0 Å². The van der Waals surface area contributed by atoms with Crippen LogP contribution in [0.15, 0.2) is 22.8 Å². The molecule has 1 amide bonds. The lowest BCUT2D eigenvalue weighted by Gasteiger charge is -2.31. The predicted molar refractivity (Wildman–Crippen MR) is 91.9 cm³/mol. The van der Waals surface area contributed by atoms with Crippen molar-refractivity contribution in [1.29, 1.82) is 0 Å². The highest BCUT2D eigenvalue weighted by atomic mass is 32.2. The molecule has 1 aromatic rings. The molecule has 2 heterocycles. The van der Waals surface area contributed by atoms with E-state index in [1.165, 1.54) is 4.31 Å². The molecule has 0 spiro atoms. The standard InChI is InChI=1S/C16H27N3O4S/c1-4-24(21,22)19-9-7-13(8-10-19)16(20)17-12-14(18(2)3)15-6-5-11-23-15/h5-6,11,13-14H,4,7-10,12H2,1-3H3,(H,17,20). The third kappa shape index (κ3) is 4.58. The van der Waals surface area contributed by atoms with Gasteiger partial charge in [0.25, 0.3) is 0 Å². The molecule has 1 N–H and O–H groups in total. The molecular weight excluding hydrogens is 330 g/mol. The summed E-state index contributed by atoms with van der Waals surface area (Å²) in [5.74, 6) is 0.774. The monoisotopic (exact) mass is 357 g/mol. The number of likely N-dealkylation sites (N-methyl/N-ethyl adjacent to an activating group) is 1. The van der Waals surface area contributed by atoms with Crippen LogP contribution in [-0.4, -0.2) is 63.0 Å². The van der Waals surface area contributed by atoms with Gasteiger partial charge in [0.2, 0.25) is 15.9 Å². The van der Waals surface area contributed by atoms with Gasteiger partial charge in [0.05, 0.1) is 18.1 Å². The average molecular weight is 357 g/mol. The molecule has 24 heavy (non-hydrogen) atoms. The van der Waals surface area contributed by atoms with Gasteiger partial charge in [-0.1, -0.05) is 0 Å². The minimum Gasteiger partial charge on any atom is -0.468 e. The Bertz CT molecular complexity index is 620. The minimum atomic E-state index is -3.15. The molecular formula is C16H27N3O4S. The van der Waals surface area contributed by atoms with Gasteiger partial charge in [-0.3, -0.25) is 9.69 Å². The van der Waals surface area contributed by atoms with Crippen molar-refractivity contribution < 1.29 is 17.6 Å². The molecule has 1 fully saturated rings. The molecule has 1 aliphatic rings. The van der Waals surface area contributed by atoms with Gasteiger partial charge in [-0.25, -0.2) is 12.7 Å². The lowest BCUT2D eigenvalue weighted by Crippen LogP contribution is -2.44. The van der Waals surface area contributed by atoms with Crippen LogP contribution in [0, 0.1) is 5.92 Å². The van der Waals surface area contributed by atoms with Crippen LogP contribution in [0.1, 0.15) is 31.6 Å². The normalized spacial score (nSPS) is 18.7. The zero-order valence-electron chi connectivity index (χ0n) is 14.6. The maximum Gasteiger partial charge on any atom is 0.223 e. The molecule has 1 atom stereocenters. The Hall–Kier alpha value is -1.38. The molecule has 136 valence electrons. The van der Waals surface area contributed by atoms with Crippen molar-refractivity contribution >= 4 is 15.9 Å². The average Bonchev–Trinajstić information content (AvgIpc) is 3.09. The SMILES string of the molecule is CCS(=O)(=O)N1CCC(C(=O)NCC(c2ccco2)N(C)C)CC1. The lowest BCUT2D eigenvalue weighted by atomic mass is 9.97. The third-order valence-electron chi connectivity index (χ3n) is 4.55. The highest BCUT2D eigenvalue weighted by molar-refractivity contribution is 7.89. The minimum absolute atomic E-state index is 0.0121. The van der Waals surface area contributed by atoms with Gasteiger partial charge in [-0.2, -0.15) is 0 Å². The topological polar surface area (TPSA) is 82.9 Å². The molecule has 8 heteroatoms. The summed E-state index contributed by atoms with van der Waals surface area (Å²) in [6.07, 6.45) is 2.76. The summed E-state index contributed by atoms with van der Waals surface area (Å²) in [7, 11) is 0.721. The van der Waals surface area contributed by atoms with Gasteiger partial charge in [0.1, 0.15) is 5.76 Å². The molecule has 2 rings (SSSR count). The van der Waals surface area contributed by atoms with E-state index < -0.39 is 10.0 Å². The van der Waals surface area contributed by atoms with E-state index in [2.05, 4.69) is 5.32 Å². The summed E-state index contributed by atoms with van der Waals surface area (Å²) in [5, 5.41) is 2.98. The third-order valence-corrected chi connectivity index (χ3v) is 6.43. The Morgan fingerprint density at radius 2 is 2.08 bits per heavy atom. The van der Waals surface area contributed by atoms with Crippen molar-refractivity contribution in [2.24, 2.45) is 5.92 Å². The summed E-state index contributed by atoms with van der Waals surface area (Å²) in [4.78, 5) is 14.4. The van der Waals surface area contributed by atoms with Crippen LogP contribution in [0.5, 0.6) is 0 Å². The number of furan rings is 1. The highest BCUT2D eigenvalue weighted by Gasteiger charge is 2.30. The molecule has 0 bridgehead atoms. The van der Waals surface area contributed by atoms with Crippen LogP contribution in [0.25, 0.3) is 0 Å². The summed E-state index contributed by atoms with van der Waals surface area (Å²) in [5.41, 5.74) is 0. The second-order valence-corrected chi connectivity index (χ2v) is 8.57. The number of nitrogens with one attached hydrogen (secondary N) is 1. The highest BCUT2D eigenvalue weighted by Crippen LogP contribution is 2.21. The number of piperidine rings is 1. The van der Waals surface area contributed by atoms with Crippen LogP contribution in [0.3, 0.4) is 0 Å². The Balaban J connectivity index is 1.85. The van der Waals surface area contributed by atoms with E-state index in [0.717, 1.165) is 5.76 Å². The largest absolute Gasteiger partial charge is 0.468 e. The molecule has 1 aliphatic heterocycles. The maximum absolute atomic E-state index is 12.4. The lowest BCUT2D eigenvalue weighted by molar-refractivity contribution is -0.126. The number of sulfonamides is 1. The number of amides is 1. The van der Waals surface area contributed by atoms with Crippen LogP contribution < -0.4 is 5.32 Å². The van der Waals surface area contributed by atoms with E-state index in [1.807, 2.05) is 31.1 Å². The Labute approximate surface area is 144 Å². The van der Waals surface area contributed by atoms with E-state index in [-0.39, 0.29) is 23.6 Å². The fourth-order valence-corrected chi connectivity index (χ4v) is 4.07. The smallest absolute Gasteiger partial charge is 0.223 e. The van der Waals surface area contributed by atoms with E-state index in [9.17, 15) is 13.2 Å². The van der Waals surface area contributed by atoms with Crippen molar-refractivity contribution in [2.45, 2.75) is 25.8 Å². The Kier molecular flexibility index (Phi) is 6.42. The van der Waals surface area contributed by atoms with E-state index in [1.54, 1.807) is 13.2 Å². The van der Waals surface area contributed by atoms with Gasteiger partial charge >= 0.3 is 0 Å². The first kappa shape index (κ1) is 19.0. The van der Waals surface area contributed by atoms with Crippen molar-refractivity contribution in [3.63, 3.8) is 0 Å². The quantitative estimate of drug-likeness (QED) is 0.789. The number of rotatable bonds is 7. The van der Waals surface area contributed by atoms with Gasteiger partial charge in [-0.05, 0) is 46.0 Å². The number of nitrogens with zero attached hydrogens (tertiary/aromatic N) is 2. The van der Waals surface area contributed by atoms with E-state index in [4.69, 9.17) is 4.42 Å². The van der Waals surface area contributed by atoms with Crippen LogP contribution in [-0.2, 0) is 14.8 Å². The van der Waals surface area contributed by atoms with Crippen molar-refractivity contribution in [3.05, 3.63) is 24.2 Å². The summed E-state index contributed by atoms with van der Waals surface area (Å²) in [6.45, 7) is 2.95. The van der Waals surface area contributed by atoms with E-state index in [0.29, 0.717) is 32.5 Å². The first-order chi connectivity index (χ1) is 11.3. The molecule has 0 radical (unpaired) electrons. The van der Waals surface area contributed by atoms with Crippen LogP contribution in [0.2, 0.25) is 0 Å². The molecule has 1 aromatic heterocycles. The predicted octanol–water partition coefficient (Wildman–Crippen LogP) is 1.06. The summed E-state index contributed by atoms with van der Waals surface area (Å²) >= 11 is 0. The van der Waals surface area contributed by atoms with Crippen molar-refractivity contribution in [1.82, 2.24) is 14.5 Å². The second kappa shape index (κ2) is 8.13. The van der Waals surface area contributed by atoms with Gasteiger partial charge in [-0.15, -0.1) is 0 Å². The molecule has 0 aliphatic carbocycles. The fourth-order valence-electron chi connectivity index (χ4n) is 2.94. The molecule has 7 nitrogen and oxygen atoms in total. The first-order valence-electron chi connectivity index (χ1n) is 8.30. The van der Waals surface area contributed by atoms with Gasteiger partial charge in [0.15, 0.2) is 0 Å².